The summed E-state index contributed by atoms with van der Waals surface area (Å²) in [5, 5.41) is 0. The van der Waals surface area contributed by atoms with E-state index in [0.717, 1.165) is 31.8 Å². The minimum Gasteiger partial charge on any atom is -0.497 e. The molecule has 2 aliphatic rings. The number of ether oxygens (including phenoxy) is 1. The second-order valence-corrected chi connectivity index (χ2v) is 6.54. The molecule has 0 saturated carbocycles. The van der Waals surface area contributed by atoms with Gasteiger partial charge in [0.05, 0.1) is 19.1 Å². The van der Waals surface area contributed by atoms with E-state index < -0.39 is 0 Å². The molecule has 2 aliphatic heterocycles. The highest BCUT2D eigenvalue weighted by Gasteiger charge is 2.38. The summed E-state index contributed by atoms with van der Waals surface area (Å²) in [5.74, 6) is 1.29. The molecule has 0 N–H and O–H groups in total. The molecule has 2 heterocycles. The SMILES string of the molecule is COc1cccc(C2CC(CN3CCCCC3)C(=O)N2C)c1. The number of hydrogen-bond acceptors (Lipinski definition) is 3. The van der Waals surface area contributed by atoms with Crippen LogP contribution in [-0.2, 0) is 4.79 Å². The van der Waals surface area contributed by atoms with E-state index in [2.05, 4.69) is 17.0 Å². The van der Waals surface area contributed by atoms with Crippen LogP contribution in [0.5, 0.6) is 5.75 Å². The predicted molar refractivity (Wildman–Crippen MR) is 86.9 cm³/mol. The second kappa shape index (κ2) is 6.69. The number of hydrogen-bond donors (Lipinski definition) is 0. The van der Waals surface area contributed by atoms with Crippen LogP contribution in [0.2, 0.25) is 0 Å². The molecule has 120 valence electrons. The highest BCUT2D eigenvalue weighted by atomic mass is 16.5. The zero-order valence-corrected chi connectivity index (χ0v) is 13.6. The van der Waals surface area contributed by atoms with Gasteiger partial charge in [-0.1, -0.05) is 18.6 Å². The van der Waals surface area contributed by atoms with Crippen molar-refractivity contribution in [2.45, 2.75) is 31.7 Å². The van der Waals surface area contributed by atoms with Gasteiger partial charge in [-0.2, -0.15) is 0 Å². The van der Waals surface area contributed by atoms with Crippen molar-refractivity contribution < 1.29 is 9.53 Å². The lowest BCUT2D eigenvalue weighted by molar-refractivity contribution is -0.131. The van der Waals surface area contributed by atoms with Crippen LogP contribution >= 0.6 is 0 Å². The van der Waals surface area contributed by atoms with Crippen molar-refractivity contribution in [2.24, 2.45) is 5.92 Å². The molecule has 0 radical (unpaired) electrons. The van der Waals surface area contributed by atoms with Crippen molar-refractivity contribution >= 4 is 5.91 Å². The van der Waals surface area contributed by atoms with Gasteiger partial charge in [0, 0.05) is 13.6 Å². The smallest absolute Gasteiger partial charge is 0.227 e. The van der Waals surface area contributed by atoms with Crippen molar-refractivity contribution in [1.82, 2.24) is 9.80 Å². The van der Waals surface area contributed by atoms with Gasteiger partial charge in [0.15, 0.2) is 0 Å². The Hall–Kier alpha value is -1.55. The van der Waals surface area contributed by atoms with Crippen molar-refractivity contribution in [1.29, 1.82) is 0 Å². The number of methoxy groups -OCH3 is 1. The van der Waals surface area contributed by atoms with Crippen LogP contribution in [0.1, 0.15) is 37.3 Å². The molecule has 2 saturated heterocycles. The lowest BCUT2D eigenvalue weighted by atomic mass is 9.98. The quantitative estimate of drug-likeness (QED) is 0.857. The van der Waals surface area contributed by atoms with E-state index >= 15 is 0 Å². The van der Waals surface area contributed by atoms with E-state index in [1.54, 1.807) is 7.11 Å². The Morgan fingerprint density at radius 1 is 1.23 bits per heavy atom. The second-order valence-electron chi connectivity index (χ2n) is 6.54. The molecular weight excluding hydrogens is 276 g/mol. The van der Waals surface area contributed by atoms with E-state index in [1.807, 2.05) is 24.1 Å². The maximum Gasteiger partial charge on any atom is 0.227 e. The van der Waals surface area contributed by atoms with E-state index in [1.165, 1.54) is 24.8 Å². The minimum atomic E-state index is 0.138. The molecule has 0 aliphatic carbocycles. The van der Waals surface area contributed by atoms with E-state index in [0.29, 0.717) is 5.91 Å². The van der Waals surface area contributed by atoms with E-state index in [9.17, 15) is 4.79 Å². The molecule has 2 unspecified atom stereocenters. The largest absolute Gasteiger partial charge is 0.497 e. The molecule has 22 heavy (non-hydrogen) atoms. The van der Waals surface area contributed by atoms with Gasteiger partial charge in [-0.15, -0.1) is 0 Å². The Labute approximate surface area is 133 Å². The van der Waals surface area contributed by atoms with Crippen LogP contribution in [0.25, 0.3) is 0 Å². The Morgan fingerprint density at radius 3 is 2.73 bits per heavy atom. The fourth-order valence-electron chi connectivity index (χ4n) is 3.78. The summed E-state index contributed by atoms with van der Waals surface area (Å²) < 4.78 is 5.31. The normalized spacial score (nSPS) is 26.5. The van der Waals surface area contributed by atoms with Crippen LogP contribution in [0.4, 0.5) is 0 Å². The summed E-state index contributed by atoms with van der Waals surface area (Å²) in [6, 6.07) is 8.28. The van der Waals surface area contributed by atoms with Gasteiger partial charge in [-0.05, 0) is 50.0 Å². The average molecular weight is 302 g/mol. The van der Waals surface area contributed by atoms with E-state index in [4.69, 9.17) is 4.74 Å². The molecular formula is C18H26N2O2. The van der Waals surface area contributed by atoms with Gasteiger partial charge in [0.1, 0.15) is 5.75 Å². The van der Waals surface area contributed by atoms with Gasteiger partial charge in [0.2, 0.25) is 5.91 Å². The topological polar surface area (TPSA) is 32.8 Å². The third kappa shape index (κ3) is 3.12. The number of rotatable bonds is 4. The summed E-state index contributed by atoms with van der Waals surface area (Å²) in [5.41, 5.74) is 1.18. The first-order chi connectivity index (χ1) is 10.7. The first kappa shape index (κ1) is 15.3. The summed E-state index contributed by atoms with van der Waals surface area (Å²) in [7, 11) is 3.62. The number of carbonyl (C=O) groups is 1. The molecule has 0 bridgehead atoms. The zero-order valence-electron chi connectivity index (χ0n) is 13.6. The third-order valence-corrected chi connectivity index (χ3v) is 5.08. The molecule has 0 spiro atoms. The summed E-state index contributed by atoms with van der Waals surface area (Å²) in [6.45, 7) is 3.22. The van der Waals surface area contributed by atoms with Gasteiger partial charge in [-0.25, -0.2) is 0 Å². The van der Waals surface area contributed by atoms with Crippen LogP contribution in [0, 0.1) is 5.92 Å². The zero-order chi connectivity index (χ0) is 15.5. The Bertz CT molecular complexity index is 526. The highest BCUT2D eigenvalue weighted by Crippen LogP contribution is 2.36. The molecule has 4 heteroatoms. The molecule has 3 rings (SSSR count). The van der Waals surface area contributed by atoms with Crippen molar-refractivity contribution in [3.63, 3.8) is 0 Å². The summed E-state index contributed by atoms with van der Waals surface area (Å²) in [4.78, 5) is 17.0. The summed E-state index contributed by atoms with van der Waals surface area (Å²) >= 11 is 0. The van der Waals surface area contributed by atoms with Gasteiger partial charge in [0.25, 0.3) is 0 Å². The Morgan fingerprint density at radius 2 is 2.00 bits per heavy atom. The van der Waals surface area contributed by atoms with Crippen molar-refractivity contribution in [3.05, 3.63) is 29.8 Å². The first-order valence-electron chi connectivity index (χ1n) is 8.32. The molecule has 0 aromatic heterocycles. The van der Waals surface area contributed by atoms with Crippen molar-refractivity contribution in [3.8, 4) is 5.75 Å². The average Bonchev–Trinajstić information content (AvgIpc) is 2.84. The minimum absolute atomic E-state index is 0.138. The van der Waals surface area contributed by atoms with Gasteiger partial charge in [-0.3, -0.25) is 4.79 Å². The number of likely N-dealkylation sites (tertiary alicyclic amines) is 2. The number of carbonyl (C=O) groups excluding carboxylic acids is 1. The molecule has 1 amide bonds. The van der Waals surface area contributed by atoms with Gasteiger partial charge < -0.3 is 14.5 Å². The maximum absolute atomic E-state index is 12.6. The van der Waals surface area contributed by atoms with Crippen LogP contribution in [-0.4, -0.2) is 49.5 Å². The molecule has 2 fully saturated rings. The monoisotopic (exact) mass is 302 g/mol. The van der Waals surface area contributed by atoms with Crippen LogP contribution in [0.3, 0.4) is 0 Å². The third-order valence-electron chi connectivity index (χ3n) is 5.08. The van der Waals surface area contributed by atoms with E-state index in [-0.39, 0.29) is 12.0 Å². The maximum atomic E-state index is 12.6. The number of piperidine rings is 1. The molecule has 2 atom stereocenters. The standard InChI is InChI=1S/C18H26N2O2/c1-19-17(14-7-6-8-16(11-14)22-2)12-15(18(19)21)13-20-9-4-3-5-10-20/h6-8,11,15,17H,3-5,9-10,12-13H2,1-2H3. The highest BCUT2D eigenvalue weighted by molar-refractivity contribution is 5.81. The lowest BCUT2D eigenvalue weighted by Gasteiger charge is -2.28. The molecule has 1 aromatic carbocycles. The Balaban J connectivity index is 1.70. The lowest BCUT2D eigenvalue weighted by Crippen LogP contribution is -2.36. The van der Waals surface area contributed by atoms with Crippen molar-refractivity contribution in [2.75, 3.05) is 33.8 Å². The fraction of sp³-hybridized carbons (Fsp3) is 0.611. The number of benzene rings is 1. The fourth-order valence-corrected chi connectivity index (χ4v) is 3.78. The first-order valence-corrected chi connectivity index (χ1v) is 8.32. The number of amides is 1. The molecule has 4 nitrogen and oxygen atoms in total. The number of nitrogens with zero attached hydrogens (tertiary/aromatic N) is 2. The van der Waals surface area contributed by atoms with Crippen LogP contribution < -0.4 is 4.74 Å². The summed E-state index contributed by atoms with van der Waals surface area (Å²) in [6.07, 6.45) is 4.80. The van der Waals surface area contributed by atoms with Crippen LogP contribution in [0.15, 0.2) is 24.3 Å². The molecule has 1 aromatic rings. The predicted octanol–water partition coefficient (Wildman–Crippen LogP) is 2.70. The Kier molecular flexibility index (Phi) is 4.67. The van der Waals surface area contributed by atoms with Gasteiger partial charge >= 0.3 is 0 Å².